The average molecular weight is 348 g/mol. The van der Waals surface area contributed by atoms with Gasteiger partial charge in [-0.2, -0.15) is 0 Å². The molecule has 1 saturated heterocycles. The van der Waals surface area contributed by atoms with Crippen molar-refractivity contribution in [2.75, 3.05) is 25.0 Å². The van der Waals surface area contributed by atoms with Crippen LogP contribution in [0.4, 0.5) is 5.82 Å². The van der Waals surface area contributed by atoms with Crippen LogP contribution in [0.5, 0.6) is 5.75 Å². The van der Waals surface area contributed by atoms with Crippen molar-refractivity contribution in [3.63, 3.8) is 0 Å². The summed E-state index contributed by atoms with van der Waals surface area (Å²) in [5.41, 5.74) is 2.12. The number of aromatic nitrogens is 2. The van der Waals surface area contributed by atoms with E-state index < -0.39 is 0 Å². The molecule has 0 amide bonds. The number of benzene rings is 2. The van der Waals surface area contributed by atoms with Crippen molar-refractivity contribution in [1.29, 1.82) is 0 Å². The van der Waals surface area contributed by atoms with Gasteiger partial charge in [0.25, 0.3) is 0 Å². The number of nitrogens with zero attached hydrogens (tertiary/aromatic N) is 2. The van der Waals surface area contributed by atoms with Gasteiger partial charge in [-0.15, -0.1) is 0 Å². The van der Waals surface area contributed by atoms with Crippen LogP contribution < -0.4 is 15.4 Å². The maximum Gasteiger partial charge on any atom is 0.137 e. The SMILES string of the molecule is c1ccc(CNc2ncnc3cc(OCC4CCNCC4)ccc23)cc1. The molecule has 3 aromatic rings. The summed E-state index contributed by atoms with van der Waals surface area (Å²) in [6, 6.07) is 16.4. The van der Waals surface area contributed by atoms with Crippen LogP contribution in [0.25, 0.3) is 10.9 Å². The van der Waals surface area contributed by atoms with E-state index in [9.17, 15) is 0 Å². The highest BCUT2D eigenvalue weighted by Gasteiger charge is 2.14. The lowest BCUT2D eigenvalue weighted by molar-refractivity contribution is 0.215. The van der Waals surface area contributed by atoms with Crippen molar-refractivity contribution in [2.45, 2.75) is 19.4 Å². The fourth-order valence-corrected chi connectivity index (χ4v) is 3.31. The zero-order valence-corrected chi connectivity index (χ0v) is 14.8. The Hall–Kier alpha value is -2.66. The molecule has 2 heterocycles. The number of ether oxygens (including phenoxy) is 1. The lowest BCUT2D eigenvalue weighted by Crippen LogP contribution is -2.30. The van der Waals surface area contributed by atoms with Gasteiger partial charge in [-0.1, -0.05) is 30.3 Å². The molecule has 0 bridgehead atoms. The van der Waals surface area contributed by atoms with Gasteiger partial charge in [-0.3, -0.25) is 0 Å². The minimum Gasteiger partial charge on any atom is -0.493 e. The fourth-order valence-electron chi connectivity index (χ4n) is 3.31. The number of hydrogen-bond donors (Lipinski definition) is 2. The minimum atomic E-state index is 0.639. The van der Waals surface area contributed by atoms with Gasteiger partial charge in [-0.05, 0) is 49.5 Å². The second-order valence-electron chi connectivity index (χ2n) is 6.74. The molecule has 1 aromatic heterocycles. The van der Waals surface area contributed by atoms with Gasteiger partial charge in [-0.25, -0.2) is 9.97 Å². The Morgan fingerprint density at radius 2 is 1.88 bits per heavy atom. The van der Waals surface area contributed by atoms with E-state index in [1.807, 2.05) is 36.4 Å². The molecule has 26 heavy (non-hydrogen) atoms. The van der Waals surface area contributed by atoms with Crippen molar-refractivity contribution in [1.82, 2.24) is 15.3 Å². The molecule has 134 valence electrons. The summed E-state index contributed by atoms with van der Waals surface area (Å²) in [5.74, 6) is 2.37. The Labute approximate surface area is 153 Å². The summed E-state index contributed by atoms with van der Waals surface area (Å²) in [6.45, 7) is 3.70. The molecule has 0 unspecified atom stereocenters. The van der Waals surface area contributed by atoms with Gasteiger partial charge in [0.2, 0.25) is 0 Å². The Morgan fingerprint density at radius 1 is 1.04 bits per heavy atom. The van der Waals surface area contributed by atoms with Crippen LogP contribution in [0.1, 0.15) is 18.4 Å². The molecule has 0 radical (unpaired) electrons. The lowest BCUT2D eigenvalue weighted by Gasteiger charge is -2.22. The normalized spacial score (nSPS) is 15.1. The number of rotatable bonds is 6. The fraction of sp³-hybridized carbons (Fsp3) is 0.333. The van der Waals surface area contributed by atoms with Crippen molar-refractivity contribution >= 4 is 16.7 Å². The highest BCUT2D eigenvalue weighted by molar-refractivity contribution is 5.89. The van der Waals surface area contributed by atoms with Gasteiger partial charge in [0.15, 0.2) is 0 Å². The second kappa shape index (κ2) is 8.15. The van der Waals surface area contributed by atoms with Crippen LogP contribution in [0.15, 0.2) is 54.9 Å². The van der Waals surface area contributed by atoms with Crippen LogP contribution in [-0.4, -0.2) is 29.7 Å². The molecule has 0 atom stereocenters. The van der Waals surface area contributed by atoms with Crippen LogP contribution in [-0.2, 0) is 6.54 Å². The molecule has 4 rings (SSSR count). The quantitative estimate of drug-likeness (QED) is 0.712. The molecular formula is C21H24N4O. The zero-order chi connectivity index (χ0) is 17.6. The smallest absolute Gasteiger partial charge is 0.137 e. The average Bonchev–Trinajstić information content (AvgIpc) is 2.72. The maximum absolute atomic E-state index is 6.01. The van der Waals surface area contributed by atoms with E-state index in [-0.39, 0.29) is 0 Å². The van der Waals surface area contributed by atoms with Crippen LogP contribution >= 0.6 is 0 Å². The first-order chi connectivity index (χ1) is 12.9. The Kier molecular flexibility index (Phi) is 5.26. The first kappa shape index (κ1) is 16.8. The first-order valence-corrected chi connectivity index (χ1v) is 9.24. The van der Waals surface area contributed by atoms with E-state index >= 15 is 0 Å². The lowest BCUT2D eigenvalue weighted by atomic mass is 9.99. The van der Waals surface area contributed by atoms with Crippen molar-refractivity contribution < 1.29 is 4.74 Å². The number of anilines is 1. The van der Waals surface area contributed by atoms with Gasteiger partial charge in [0, 0.05) is 18.0 Å². The summed E-state index contributed by atoms with van der Waals surface area (Å²) < 4.78 is 6.01. The zero-order valence-electron chi connectivity index (χ0n) is 14.8. The third-order valence-corrected chi connectivity index (χ3v) is 4.86. The van der Waals surface area contributed by atoms with Gasteiger partial charge < -0.3 is 15.4 Å². The van der Waals surface area contributed by atoms with Gasteiger partial charge >= 0.3 is 0 Å². The van der Waals surface area contributed by atoms with E-state index in [0.717, 1.165) is 48.7 Å². The number of nitrogens with one attached hydrogen (secondary N) is 2. The summed E-state index contributed by atoms with van der Waals surface area (Å²) in [6.07, 6.45) is 3.97. The number of fused-ring (bicyclic) bond motifs is 1. The molecule has 2 N–H and O–H groups in total. The van der Waals surface area contributed by atoms with Crippen molar-refractivity contribution in [3.05, 3.63) is 60.4 Å². The summed E-state index contributed by atoms with van der Waals surface area (Å²) in [4.78, 5) is 8.81. The van der Waals surface area contributed by atoms with E-state index in [1.54, 1.807) is 6.33 Å². The third kappa shape index (κ3) is 4.11. The van der Waals surface area contributed by atoms with Crippen molar-refractivity contribution in [3.8, 4) is 5.75 Å². The molecule has 1 fully saturated rings. The molecule has 0 aliphatic carbocycles. The number of hydrogen-bond acceptors (Lipinski definition) is 5. The highest BCUT2D eigenvalue weighted by atomic mass is 16.5. The van der Waals surface area contributed by atoms with Crippen LogP contribution in [0, 0.1) is 5.92 Å². The van der Waals surface area contributed by atoms with Crippen LogP contribution in [0.2, 0.25) is 0 Å². The van der Waals surface area contributed by atoms with E-state index in [1.165, 1.54) is 18.4 Å². The Balaban J connectivity index is 1.44. The minimum absolute atomic E-state index is 0.639. The van der Waals surface area contributed by atoms with E-state index in [4.69, 9.17) is 4.74 Å². The molecule has 2 aromatic carbocycles. The van der Waals surface area contributed by atoms with E-state index in [2.05, 4.69) is 32.7 Å². The summed E-state index contributed by atoms with van der Waals surface area (Å²) >= 11 is 0. The third-order valence-electron chi connectivity index (χ3n) is 4.86. The molecule has 1 aliphatic rings. The molecule has 0 spiro atoms. The highest BCUT2D eigenvalue weighted by Crippen LogP contribution is 2.25. The van der Waals surface area contributed by atoms with Crippen LogP contribution in [0.3, 0.4) is 0 Å². The predicted octanol–water partition coefficient (Wildman–Crippen LogP) is 3.62. The predicted molar refractivity (Wildman–Crippen MR) is 104 cm³/mol. The van der Waals surface area contributed by atoms with Gasteiger partial charge in [0.05, 0.1) is 12.1 Å². The standard InChI is InChI=1S/C21H24N4O/c1-2-4-16(5-3-1)13-23-21-19-7-6-18(12-20(19)24-15-25-21)26-14-17-8-10-22-11-9-17/h1-7,12,15,17,22H,8-11,13-14H2,(H,23,24,25). The largest absolute Gasteiger partial charge is 0.493 e. The van der Waals surface area contributed by atoms with Crippen molar-refractivity contribution in [2.24, 2.45) is 5.92 Å². The second-order valence-corrected chi connectivity index (χ2v) is 6.74. The van der Waals surface area contributed by atoms with Gasteiger partial charge in [0.1, 0.15) is 17.9 Å². The molecule has 5 nitrogen and oxygen atoms in total. The maximum atomic E-state index is 6.01. The molecule has 0 saturated carbocycles. The molecular weight excluding hydrogens is 324 g/mol. The summed E-state index contributed by atoms with van der Waals surface area (Å²) in [7, 11) is 0. The summed E-state index contributed by atoms with van der Waals surface area (Å²) in [5, 5.41) is 7.81. The molecule has 1 aliphatic heterocycles. The number of piperidine rings is 1. The Bertz CT molecular complexity index is 847. The topological polar surface area (TPSA) is 59.1 Å². The van der Waals surface area contributed by atoms with E-state index in [0.29, 0.717) is 5.92 Å². The first-order valence-electron chi connectivity index (χ1n) is 9.24. The monoisotopic (exact) mass is 348 g/mol. The Morgan fingerprint density at radius 3 is 2.73 bits per heavy atom. The molecule has 5 heteroatoms.